The zero-order chi connectivity index (χ0) is 17.1. The standard InChI is InChI=1S/C14H16F6N2S/c15-13(16,17)9-12(22-7-5-21-6-8-22)10-1-3-11(4-2-10)23-14(18,19)20/h1-4,12,21H,5-9H2/t12-/m1/s1. The molecule has 1 aromatic carbocycles. The highest BCUT2D eigenvalue weighted by Gasteiger charge is 2.36. The molecule has 23 heavy (non-hydrogen) atoms. The lowest BCUT2D eigenvalue weighted by Crippen LogP contribution is -2.46. The molecular formula is C14H16F6N2S. The van der Waals surface area contributed by atoms with Crippen molar-refractivity contribution in [3.05, 3.63) is 29.8 Å². The van der Waals surface area contributed by atoms with Crippen molar-refractivity contribution < 1.29 is 26.3 Å². The van der Waals surface area contributed by atoms with Crippen LogP contribution < -0.4 is 5.32 Å². The molecule has 0 bridgehead atoms. The molecule has 130 valence electrons. The molecule has 1 aromatic rings. The minimum absolute atomic E-state index is 0.0349. The molecule has 0 spiro atoms. The van der Waals surface area contributed by atoms with Gasteiger partial charge in [-0.25, -0.2) is 0 Å². The molecule has 1 aliphatic rings. The highest BCUT2D eigenvalue weighted by molar-refractivity contribution is 8.00. The third-order valence-corrected chi connectivity index (χ3v) is 4.25. The zero-order valence-corrected chi connectivity index (χ0v) is 12.9. The second-order valence-electron chi connectivity index (χ2n) is 5.24. The van der Waals surface area contributed by atoms with Crippen LogP contribution in [0.3, 0.4) is 0 Å². The maximum Gasteiger partial charge on any atom is 0.446 e. The van der Waals surface area contributed by atoms with Crippen LogP contribution in [0.15, 0.2) is 29.2 Å². The van der Waals surface area contributed by atoms with Crippen LogP contribution in [-0.4, -0.2) is 42.8 Å². The molecule has 1 atom stereocenters. The van der Waals surface area contributed by atoms with Crippen LogP contribution in [0.25, 0.3) is 0 Å². The summed E-state index contributed by atoms with van der Waals surface area (Å²) in [5, 5.41) is 3.07. The molecule has 0 amide bonds. The summed E-state index contributed by atoms with van der Waals surface area (Å²) in [6, 6.07) is 4.28. The number of nitrogens with one attached hydrogen (secondary N) is 1. The summed E-state index contributed by atoms with van der Waals surface area (Å²) in [5.74, 6) is 0. The van der Waals surface area contributed by atoms with Gasteiger partial charge >= 0.3 is 11.7 Å². The Hall–Kier alpha value is -0.930. The van der Waals surface area contributed by atoms with Gasteiger partial charge in [-0.05, 0) is 29.5 Å². The van der Waals surface area contributed by atoms with Crippen LogP contribution in [-0.2, 0) is 0 Å². The summed E-state index contributed by atoms with van der Waals surface area (Å²) in [6.07, 6.45) is -5.35. The molecule has 1 fully saturated rings. The Morgan fingerprint density at radius 1 is 1.00 bits per heavy atom. The summed E-state index contributed by atoms with van der Waals surface area (Å²) in [6.45, 7) is 2.13. The van der Waals surface area contributed by atoms with Crippen molar-refractivity contribution in [2.75, 3.05) is 26.2 Å². The number of alkyl halides is 6. The second-order valence-corrected chi connectivity index (χ2v) is 6.38. The average molecular weight is 358 g/mol. The normalized spacial score (nSPS) is 18.9. The number of nitrogens with zero attached hydrogens (tertiary/aromatic N) is 1. The van der Waals surface area contributed by atoms with Crippen LogP contribution in [0, 0.1) is 0 Å². The smallest absolute Gasteiger partial charge is 0.314 e. The summed E-state index contributed by atoms with van der Waals surface area (Å²) in [5.41, 5.74) is -4.03. The molecule has 1 aliphatic heterocycles. The van der Waals surface area contributed by atoms with Crippen molar-refractivity contribution in [1.29, 1.82) is 0 Å². The fourth-order valence-electron chi connectivity index (χ4n) is 2.56. The van der Waals surface area contributed by atoms with Gasteiger partial charge in [-0.3, -0.25) is 4.90 Å². The van der Waals surface area contributed by atoms with Gasteiger partial charge in [0.2, 0.25) is 0 Å². The molecular weight excluding hydrogens is 342 g/mol. The molecule has 0 aromatic heterocycles. The Labute approximate surface area is 134 Å². The molecule has 9 heteroatoms. The lowest BCUT2D eigenvalue weighted by Gasteiger charge is -2.35. The Bertz CT molecular complexity index is 493. The first-order valence-electron chi connectivity index (χ1n) is 7.01. The molecule has 2 rings (SSSR count). The predicted molar refractivity (Wildman–Crippen MR) is 76.2 cm³/mol. The number of piperazine rings is 1. The number of halogens is 6. The Morgan fingerprint density at radius 2 is 1.57 bits per heavy atom. The fraction of sp³-hybridized carbons (Fsp3) is 0.571. The minimum atomic E-state index is -4.41. The van der Waals surface area contributed by atoms with E-state index in [9.17, 15) is 26.3 Å². The minimum Gasteiger partial charge on any atom is -0.314 e. The maximum absolute atomic E-state index is 12.9. The monoisotopic (exact) mass is 358 g/mol. The molecule has 2 nitrogen and oxygen atoms in total. The van der Waals surface area contributed by atoms with E-state index in [-0.39, 0.29) is 16.7 Å². The van der Waals surface area contributed by atoms with Crippen LogP contribution in [0.5, 0.6) is 0 Å². The van der Waals surface area contributed by atoms with Gasteiger partial charge in [-0.2, -0.15) is 26.3 Å². The van der Waals surface area contributed by atoms with Gasteiger partial charge in [0.05, 0.1) is 6.42 Å². The van der Waals surface area contributed by atoms with E-state index in [1.807, 2.05) is 0 Å². The predicted octanol–water partition coefficient (Wildman–Crippen LogP) is 4.20. The van der Waals surface area contributed by atoms with Crippen molar-refractivity contribution in [1.82, 2.24) is 10.2 Å². The van der Waals surface area contributed by atoms with Crippen LogP contribution in [0.2, 0.25) is 0 Å². The summed E-state index contributed by atoms with van der Waals surface area (Å²) in [7, 11) is 0. The first-order valence-corrected chi connectivity index (χ1v) is 7.83. The Morgan fingerprint density at radius 3 is 2.04 bits per heavy atom. The van der Waals surface area contributed by atoms with E-state index in [0.29, 0.717) is 31.7 Å². The van der Waals surface area contributed by atoms with Gasteiger partial charge in [0, 0.05) is 37.1 Å². The molecule has 0 aliphatic carbocycles. The van der Waals surface area contributed by atoms with Gasteiger partial charge in [0.1, 0.15) is 0 Å². The van der Waals surface area contributed by atoms with Crippen molar-refractivity contribution in [2.45, 2.75) is 29.0 Å². The highest BCUT2D eigenvalue weighted by Crippen LogP contribution is 2.38. The van der Waals surface area contributed by atoms with Crippen LogP contribution in [0.1, 0.15) is 18.0 Å². The SMILES string of the molecule is FC(F)(F)C[C@H](c1ccc(SC(F)(F)F)cc1)N1CCNCC1. The third kappa shape index (κ3) is 6.23. The first kappa shape index (κ1) is 18.4. The molecule has 0 saturated carbocycles. The second kappa shape index (κ2) is 7.31. The number of hydrogen-bond acceptors (Lipinski definition) is 3. The first-order chi connectivity index (χ1) is 10.6. The lowest BCUT2D eigenvalue weighted by molar-refractivity contribution is -0.148. The van der Waals surface area contributed by atoms with Crippen molar-refractivity contribution >= 4 is 11.8 Å². The summed E-state index contributed by atoms with van der Waals surface area (Å²) >= 11 is -0.276. The fourth-order valence-corrected chi connectivity index (χ4v) is 3.10. The largest absolute Gasteiger partial charge is 0.446 e. The van der Waals surface area contributed by atoms with E-state index in [1.165, 1.54) is 24.3 Å². The van der Waals surface area contributed by atoms with E-state index < -0.39 is 24.1 Å². The lowest BCUT2D eigenvalue weighted by atomic mass is 10.0. The van der Waals surface area contributed by atoms with Crippen molar-refractivity contribution in [3.8, 4) is 0 Å². The van der Waals surface area contributed by atoms with E-state index in [2.05, 4.69) is 5.32 Å². The van der Waals surface area contributed by atoms with Gasteiger partial charge in [-0.15, -0.1) is 0 Å². The number of thioether (sulfide) groups is 1. The van der Waals surface area contributed by atoms with Crippen molar-refractivity contribution in [3.63, 3.8) is 0 Å². The Kier molecular flexibility index (Phi) is 5.85. The third-order valence-electron chi connectivity index (χ3n) is 3.52. The quantitative estimate of drug-likeness (QED) is 0.642. The van der Waals surface area contributed by atoms with Crippen LogP contribution in [0.4, 0.5) is 26.3 Å². The highest BCUT2D eigenvalue weighted by atomic mass is 32.2. The topological polar surface area (TPSA) is 15.3 Å². The van der Waals surface area contributed by atoms with Crippen LogP contribution >= 0.6 is 11.8 Å². The molecule has 0 radical (unpaired) electrons. The Balaban J connectivity index is 2.17. The average Bonchev–Trinajstić information content (AvgIpc) is 2.44. The molecule has 1 N–H and O–H groups in total. The van der Waals surface area contributed by atoms with Gasteiger partial charge in [-0.1, -0.05) is 12.1 Å². The van der Waals surface area contributed by atoms with E-state index in [1.54, 1.807) is 4.90 Å². The van der Waals surface area contributed by atoms with Gasteiger partial charge in [0.25, 0.3) is 0 Å². The summed E-state index contributed by atoms with van der Waals surface area (Å²) < 4.78 is 75.5. The zero-order valence-electron chi connectivity index (χ0n) is 12.0. The molecule has 0 unspecified atom stereocenters. The summed E-state index contributed by atoms with van der Waals surface area (Å²) in [4.78, 5) is 1.68. The molecule has 1 heterocycles. The number of hydrogen-bond donors (Lipinski definition) is 1. The number of benzene rings is 1. The van der Waals surface area contributed by atoms with E-state index >= 15 is 0 Å². The molecule has 1 saturated heterocycles. The van der Waals surface area contributed by atoms with Gasteiger partial charge in [0.15, 0.2) is 0 Å². The maximum atomic E-state index is 12.9. The van der Waals surface area contributed by atoms with Crippen molar-refractivity contribution in [2.24, 2.45) is 0 Å². The van der Waals surface area contributed by atoms with E-state index in [0.717, 1.165) is 0 Å². The van der Waals surface area contributed by atoms with Gasteiger partial charge < -0.3 is 5.32 Å². The van der Waals surface area contributed by atoms with E-state index in [4.69, 9.17) is 0 Å². The number of rotatable bonds is 4.